The van der Waals surface area contributed by atoms with Crippen LogP contribution in [0.3, 0.4) is 0 Å². The largest absolute Gasteiger partial charge is 0.472 e. The minimum Gasteiger partial charge on any atom is -0.472 e. The highest BCUT2D eigenvalue weighted by molar-refractivity contribution is 5.92. The molecule has 0 radical (unpaired) electrons. The highest BCUT2D eigenvalue weighted by Crippen LogP contribution is 2.69. The molecule has 1 N–H and O–H groups in total. The quantitative estimate of drug-likeness (QED) is 0.461. The molecular formula is C29H36O9. The SMILES string of the molecule is COC(=O)C(O)[C@H]1C(C)(C)[C@H](OC(C)=O)[C@H]2C[C@H]3C4=CC(=O)O[C@@H](c5ccoc5)[C@]4(C)CC[C@@H]3[C@@]1(C)C2=O. The van der Waals surface area contributed by atoms with Crippen molar-refractivity contribution in [3.05, 3.63) is 35.8 Å². The molecule has 4 aliphatic rings. The lowest BCUT2D eigenvalue weighted by molar-refractivity contribution is -0.223. The summed E-state index contributed by atoms with van der Waals surface area (Å²) < 4.78 is 21.8. The number of Topliss-reactive ketones (excluding diaryl/α,β-unsaturated/α-hetero) is 1. The van der Waals surface area contributed by atoms with Gasteiger partial charge in [0.2, 0.25) is 0 Å². The normalized spacial score (nSPS) is 40.1. The van der Waals surface area contributed by atoms with Gasteiger partial charge in [0, 0.05) is 40.7 Å². The molecule has 1 aromatic rings. The second-order valence-electron chi connectivity index (χ2n) is 12.4. The summed E-state index contributed by atoms with van der Waals surface area (Å²) in [6.45, 7) is 8.88. The third-order valence-corrected chi connectivity index (χ3v) is 10.2. The molecule has 3 saturated carbocycles. The third kappa shape index (κ3) is 3.53. The zero-order valence-corrected chi connectivity index (χ0v) is 22.7. The molecule has 2 heterocycles. The number of fused-ring (bicyclic) bond motifs is 6. The Morgan fingerprint density at radius 2 is 1.87 bits per heavy atom. The first-order valence-electron chi connectivity index (χ1n) is 13.2. The number of carbonyl (C=O) groups excluding carboxylic acids is 4. The summed E-state index contributed by atoms with van der Waals surface area (Å²) in [5, 5.41) is 11.3. The molecule has 0 aromatic carbocycles. The number of rotatable bonds is 4. The van der Waals surface area contributed by atoms with E-state index in [2.05, 4.69) is 6.92 Å². The fourth-order valence-corrected chi connectivity index (χ4v) is 8.75. The third-order valence-electron chi connectivity index (χ3n) is 10.2. The van der Waals surface area contributed by atoms with Crippen LogP contribution in [0.25, 0.3) is 0 Å². The van der Waals surface area contributed by atoms with Crippen LogP contribution in [0.2, 0.25) is 0 Å². The van der Waals surface area contributed by atoms with Crippen LogP contribution < -0.4 is 0 Å². The van der Waals surface area contributed by atoms with Crippen molar-refractivity contribution < 1.29 is 42.9 Å². The number of ether oxygens (including phenoxy) is 3. The summed E-state index contributed by atoms with van der Waals surface area (Å²) in [5.41, 5.74) is -0.922. The molecule has 0 saturated heterocycles. The van der Waals surface area contributed by atoms with Crippen LogP contribution in [0.1, 0.15) is 65.5 Å². The Balaban J connectivity index is 1.66. The van der Waals surface area contributed by atoms with Crippen molar-refractivity contribution in [1.29, 1.82) is 0 Å². The van der Waals surface area contributed by atoms with Gasteiger partial charge >= 0.3 is 17.9 Å². The van der Waals surface area contributed by atoms with Crippen molar-refractivity contribution in [3.63, 3.8) is 0 Å². The Bertz CT molecular complexity index is 1200. The monoisotopic (exact) mass is 528 g/mol. The van der Waals surface area contributed by atoms with Crippen molar-refractivity contribution in [3.8, 4) is 0 Å². The van der Waals surface area contributed by atoms with Crippen LogP contribution >= 0.6 is 0 Å². The van der Waals surface area contributed by atoms with E-state index in [4.69, 9.17) is 18.6 Å². The molecule has 5 rings (SSSR count). The lowest BCUT2D eigenvalue weighted by atomic mass is 9.38. The molecule has 1 aliphatic heterocycles. The molecule has 2 bridgehead atoms. The molecular weight excluding hydrogens is 492 g/mol. The van der Waals surface area contributed by atoms with Gasteiger partial charge in [-0.1, -0.05) is 27.7 Å². The number of hydrogen-bond donors (Lipinski definition) is 1. The van der Waals surface area contributed by atoms with Crippen LogP contribution in [0.5, 0.6) is 0 Å². The Kier molecular flexibility index (Phi) is 6.17. The van der Waals surface area contributed by atoms with Gasteiger partial charge < -0.3 is 23.7 Å². The predicted molar refractivity (Wildman–Crippen MR) is 132 cm³/mol. The van der Waals surface area contributed by atoms with Crippen molar-refractivity contribution in [2.24, 2.45) is 39.9 Å². The Hall–Kier alpha value is -2.94. The fourth-order valence-electron chi connectivity index (χ4n) is 8.75. The number of cyclic esters (lactones) is 1. The zero-order valence-electron chi connectivity index (χ0n) is 22.7. The Morgan fingerprint density at radius 3 is 2.47 bits per heavy atom. The molecule has 3 aliphatic carbocycles. The van der Waals surface area contributed by atoms with Crippen LogP contribution in [-0.2, 0) is 33.4 Å². The molecule has 9 atom stereocenters. The molecule has 0 amide bonds. The first-order chi connectivity index (χ1) is 17.8. The fraction of sp³-hybridized carbons (Fsp3) is 0.655. The van der Waals surface area contributed by atoms with Gasteiger partial charge in [0.05, 0.1) is 25.6 Å². The maximum absolute atomic E-state index is 14.3. The summed E-state index contributed by atoms with van der Waals surface area (Å²) in [5.74, 6) is -3.95. The van der Waals surface area contributed by atoms with E-state index in [9.17, 15) is 24.3 Å². The number of aliphatic hydroxyl groups is 1. The van der Waals surface area contributed by atoms with Gasteiger partial charge in [-0.3, -0.25) is 9.59 Å². The van der Waals surface area contributed by atoms with Gasteiger partial charge in [0.1, 0.15) is 18.0 Å². The van der Waals surface area contributed by atoms with Crippen LogP contribution in [0, 0.1) is 39.9 Å². The average Bonchev–Trinajstić information content (AvgIpc) is 3.38. The van der Waals surface area contributed by atoms with E-state index in [1.165, 1.54) is 14.0 Å². The maximum Gasteiger partial charge on any atom is 0.335 e. The number of methoxy groups -OCH3 is 1. The molecule has 0 spiro atoms. The van der Waals surface area contributed by atoms with Crippen molar-refractivity contribution >= 4 is 23.7 Å². The number of furan rings is 1. The molecule has 9 nitrogen and oxygen atoms in total. The maximum atomic E-state index is 14.3. The smallest absolute Gasteiger partial charge is 0.335 e. The standard InChI is InChI=1S/C29H36O9/c1-14(30)37-25-17-11-16-18(29(5,23(17)33)22(27(25,2)3)21(32)26(34)35-6)7-9-28(4)19(16)12-20(31)38-24(28)15-8-10-36-13-15/h8,10,12-13,16-18,21-22,24-25,32H,7,9,11H2,1-6H3/t16-,17+,18+,21?,22+,24+,25-,28-,29-/m1/s1. The first kappa shape index (κ1) is 26.7. The van der Waals surface area contributed by atoms with Gasteiger partial charge in [-0.25, -0.2) is 9.59 Å². The van der Waals surface area contributed by atoms with E-state index in [0.29, 0.717) is 19.3 Å². The van der Waals surface area contributed by atoms with Gasteiger partial charge in [0.25, 0.3) is 0 Å². The number of carbonyl (C=O) groups is 4. The highest BCUT2D eigenvalue weighted by Gasteiger charge is 2.71. The van der Waals surface area contributed by atoms with Gasteiger partial charge in [-0.05, 0) is 42.7 Å². The summed E-state index contributed by atoms with van der Waals surface area (Å²) in [6, 6.07) is 1.79. The van der Waals surface area contributed by atoms with E-state index in [0.717, 1.165) is 11.1 Å². The zero-order chi connectivity index (χ0) is 27.8. The van der Waals surface area contributed by atoms with Crippen molar-refractivity contribution in [2.75, 3.05) is 7.11 Å². The summed E-state index contributed by atoms with van der Waals surface area (Å²) >= 11 is 0. The average molecular weight is 529 g/mol. The topological polar surface area (TPSA) is 129 Å². The van der Waals surface area contributed by atoms with Gasteiger partial charge in [-0.2, -0.15) is 0 Å². The molecule has 3 fully saturated rings. The van der Waals surface area contributed by atoms with E-state index in [1.54, 1.807) is 24.7 Å². The highest BCUT2D eigenvalue weighted by atomic mass is 16.6. The van der Waals surface area contributed by atoms with E-state index < -0.39 is 64.3 Å². The number of esters is 3. The molecule has 206 valence electrons. The minimum atomic E-state index is -1.60. The molecule has 9 heteroatoms. The Morgan fingerprint density at radius 1 is 1.16 bits per heavy atom. The van der Waals surface area contributed by atoms with Crippen molar-refractivity contribution in [2.45, 2.75) is 72.2 Å². The van der Waals surface area contributed by atoms with Crippen LogP contribution in [-0.4, -0.2) is 48.1 Å². The predicted octanol–water partition coefficient (Wildman–Crippen LogP) is 3.55. The van der Waals surface area contributed by atoms with E-state index >= 15 is 0 Å². The van der Waals surface area contributed by atoms with Gasteiger partial charge in [-0.15, -0.1) is 0 Å². The minimum absolute atomic E-state index is 0.119. The Labute approximate surface area is 221 Å². The second-order valence-corrected chi connectivity index (χ2v) is 12.4. The van der Waals surface area contributed by atoms with Crippen LogP contribution in [0.4, 0.5) is 0 Å². The number of hydrogen-bond acceptors (Lipinski definition) is 9. The first-order valence-corrected chi connectivity index (χ1v) is 13.2. The summed E-state index contributed by atoms with van der Waals surface area (Å²) in [4.78, 5) is 52.1. The lowest BCUT2D eigenvalue weighted by Crippen LogP contribution is -2.70. The van der Waals surface area contributed by atoms with E-state index in [1.807, 2.05) is 20.8 Å². The van der Waals surface area contributed by atoms with Crippen molar-refractivity contribution in [1.82, 2.24) is 0 Å². The summed E-state index contributed by atoms with van der Waals surface area (Å²) in [7, 11) is 1.20. The number of ketones is 1. The van der Waals surface area contributed by atoms with Gasteiger partial charge in [0.15, 0.2) is 6.10 Å². The lowest BCUT2D eigenvalue weighted by Gasteiger charge is -2.65. The summed E-state index contributed by atoms with van der Waals surface area (Å²) in [6.07, 6.45) is 3.33. The van der Waals surface area contributed by atoms with E-state index in [-0.39, 0.29) is 17.6 Å². The second kappa shape index (κ2) is 8.79. The molecule has 1 unspecified atom stereocenters. The number of aliphatic hydroxyl groups excluding tert-OH is 1. The molecule has 1 aromatic heterocycles. The van der Waals surface area contributed by atoms with Crippen LogP contribution in [0.15, 0.2) is 34.7 Å². The molecule has 38 heavy (non-hydrogen) atoms.